The van der Waals surface area contributed by atoms with Crippen LogP contribution in [0.3, 0.4) is 0 Å². The fourth-order valence-electron chi connectivity index (χ4n) is 3.30. The summed E-state index contributed by atoms with van der Waals surface area (Å²) in [6.07, 6.45) is 8.02. The van der Waals surface area contributed by atoms with Gasteiger partial charge in [-0.15, -0.1) is 0 Å². The van der Waals surface area contributed by atoms with Gasteiger partial charge < -0.3 is 29.2 Å². The van der Waals surface area contributed by atoms with Crippen molar-refractivity contribution in [3.8, 4) is 11.5 Å². The minimum Gasteiger partial charge on any atom is -0.493 e. The van der Waals surface area contributed by atoms with Crippen LogP contribution in [0.15, 0.2) is 47.8 Å². The van der Waals surface area contributed by atoms with Gasteiger partial charge in [-0.3, -0.25) is 4.79 Å². The fourth-order valence-corrected chi connectivity index (χ4v) is 3.30. The van der Waals surface area contributed by atoms with Gasteiger partial charge in [0.1, 0.15) is 12.3 Å². The highest BCUT2D eigenvalue weighted by Gasteiger charge is 2.29. The van der Waals surface area contributed by atoms with Crippen molar-refractivity contribution in [3.05, 3.63) is 53.4 Å². The van der Waals surface area contributed by atoms with E-state index in [0.29, 0.717) is 30.2 Å². The van der Waals surface area contributed by atoms with Gasteiger partial charge >= 0.3 is 11.9 Å². The minimum atomic E-state index is -0.696. The summed E-state index contributed by atoms with van der Waals surface area (Å²) in [6, 6.07) is 3.58. The lowest BCUT2D eigenvalue weighted by Crippen LogP contribution is -2.28. The van der Waals surface area contributed by atoms with Gasteiger partial charge in [0.25, 0.3) is 0 Å². The number of hydrogen-bond donors (Lipinski definition) is 1. The second kappa shape index (κ2) is 12.3. The molecule has 33 heavy (non-hydrogen) atoms. The summed E-state index contributed by atoms with van der Waals surface area (Å²) in [7, 11) is 4.03. The van der Waals surface area contributed by atoms with Gasteiger partial charge in [-0.25, -0.2) is 9.59 Å². The van der Waals surface area contributed by atoms with E-state index >= 15 is 0 Å². The molecule has 1 amide bonds. The number of hydrogen-bond acceptors (Lipinski definition) is 8. The van der Waals surface area contributed by atoms with Crippen molar-refractivity contribution in [2.24, 2.45) is 0 Å². The minimum absolute atomic E-state index is 0.0149. The van der Waals surface area contributed by atoms with Crippen LogP contribution in [0, 0.1) is 0 Å². The molecule has 2 rings (SSSR count). The third kappa shape index (κ3) is 6.38. The van der Waals surface area contributed by atoms with Gasteiger partial charge in [-0.2, -0.15) is 0 Å². The van der Waals surface area contributed by atoms with Gasteiger partial charge in [0.15, 0.2) is 11.5 Å². The molecule has 0 saturated carbocycles. The number of nitrogens with one attached hydrogen (secondary N) is 1. The molecule has 1 aliphatic rings. The molecule has 1 aromatic rings. The van der Waals surface area contributed by atoms with E-state index in [1.165, 1.54) is 34.3 Å². The Hall–Kier alpha value is -3.75. The molecule has 0 aliphatic carbocycles. The maximum Gasteiger partial charge on any atom is 0.355 e. The summed E-state index contributed by atoms with van der Waals surface area (Å²) in [5.41, 5.74) is 1.57. The van der Waals surface area contributed by atoms with Crippen LogP contribution in [0.4, 0.5) is 5.69 Å². The normalized spacial score (nSPS) is 12.8. The van der Waals surface area contributed by atoms with Crippen molar-refractivity contribution in [1.82, 2.24) is 5.32 Å². The molecule has 1 N–H and O–H groups in total. The van der Waals surface area contributed by atoms with Crippen molar-refractivity contribution in [2.75, 3.05) is 39.4 Å². The maximum atomic E-state index is 12.8. The van der Waals surface area contributed by atoms with Gasteiger partial charge in [-0.1, -0.05) is 19.4 Å². The van der Waals surface area contributed by atoms with E-state index in [0.717, 1.165) is 12.0 Å². The molecule has 0 saturated heterocycles. The summed E-state index contributed by atoms with van der Waals surface area (Å²) in [4.78, 5) is 38.0. The van der Waals surface area contributed by atoms with E-state index in [4.69, 9.17) is 18.9 Å². The van der Waals surface area contributed by atoms with Crippen LogP contribution in [-0.4, -0.2) is 52.3 Å². The first kappa shape index (κ1) is 25.5. The molecule has 0 aromatic heterocycles. The largest absolute Gasteiger partial charge is 0.493 e. The van der Waals surface area contributed by atoms with Crippen LogP contribution in [0.1, 0.15) is 25.8 Å². The highest BCUT2D eigenvalue weighted by Crippen LogP contribution is 2.38. The monoisotopic (exact) mass is 458 g/mol. The number of anilines is 1. The summed E-state index contributed by atoms with van der Waals surface area (Å²) in [5.74, 6) is -0.587. The Morgan fingerprint density at radius 2 is 1.73 bits per heavy atom. The predicted octanol–water partition coefficient (Wildman–Crippen LogP) is 2.65. The molecule has 0 fully saturated rings. The molecular formula is C24H30N2O7. The molecule has 1 aromatic carbocycles. The molecular weight excluding hydrogens is 428 g/mol. The number of allylic oxidation sites excluding steroid dienone is 2. The SMILES string of the molecule is CCCc1cc(OC)c(OCCNC(C)=O)cc1N1C=CC=CC(C(=O)OC)=C1C(=O)OC. The van der Waals surface area contributed by atoms with E-state index in [1.54, 1.807) is 29.3 Å². The second-order valence-corrected chi connectivity index (χ2v) is 7.03. The molecule has 0 bridgehead atoms. The number of benzene rings is 1. The molecule has 0 unspecified atom stereocenters. The highest BCUT2D eigenvalue weighted by atomic mass is 16.5. The summed E-state index contributed by atoms with van der Waals surface area (Å²) in [6.45, 7) is 3.99. The number of carbonyl (C=O) groups excluding carboxylic acids is 3. The number of amides is 1. The zero-order valence-electron chi connectivity index (χ0n) is 19.6. The van der Waals surface area contributed by atoms with Crippen molar-refractivity contribution >= 4 is 23.5 Å². The lowest BCUT2D eigenvalue weighted by molar-refractivity contribution is -0.139. The Balaban J connectivity index is 2.64. The van der Waals surface area contributed by atoms with Gasteiger partial charge in [0.2, 0.25) is 5.91 Å². The van der Waals surface area contributed by atoms with E-state index in [9.17, 15) is 14.4 Å². The fraction of sp³-hybridized carbons (Fsp3) is 0.375. The van der Waals surface area contributed by atoms with Gasteiger partial charge in [0, 0.05) is 19.2 Å². The molecule has 1 heterocycles. The first-order chi connectivity index (χ1) is 15.9. The van der Waals surface area contributed by atoms with Crippen molar-refractivity contribution in [1.29, 1.82) is 0 Å². The third-order valence-corrected chi connectivity index (χ3v) is 4.77. The number of esters is 2. The lowest BCUT2D eigenvalue weighted by Gasteiger charge is -2.27. The van der Waals surface area contributed by atoms with Crippen molar-refractivity contribution in [3.63, 3.8) is 0 Å². The van der Waals surface area contributed by atoms with E-state index in [2.05, 4.69) is 5.32 Å². The number of methoxy groups -OCH3 is 3. The molecule has 9 nitrogen and oxygen atoms in total. The summed E-state index contributed by atoms with van der Waals surface area (Å²) in [5, 5.41) is 2.67. The molecule has 178 valence electrons. The van der Waals surface area contributed by atoms with Crippen LogP contribution in [-0.2, 0) is 30.3 Å². The molecule has 0 atom stereocenters. The first-order valence-electron chi connectivity index (χ1n) is 10.5. The number of nitrogens with zero attached hydrogens (tertiary/aromatic N) is 1. The molecule has 1 aliphatic heterocycles. The Kier molecular flexibility index (Phi) is 9.53. The van der Waals surface area contributed by atoms with Gasteiger partial charge in [-0.05, 0) is 30.2 Å². The number of aryl methyl sites for hydroxylation is 1. The van der Waals surface area contributed by atoms with E-state index < -0.39 is 11.9 Å². The standard InChI is InChI=1S/C24H30N2O7/c1-6-9-17-14-20(30-3)21(33-13-11-25-16(2)27)15-19(17)26-12-8-7-10-18(23(28)31-4)22(26)24(29)32-5/h7-8,10,12,14-15H,6,9,11,13H2,1-5H3,(H,25,27). The first-order valence-corrected chi connectivity index (χ1v) is 10.5. The smallest absolute Gasteiger partial charge is 0.355 e. The Labute approximate surface area is 193 Å². The summed E-state index contributed by atoms with van der Waals surface area (Å²) < 4.78 is 21.2. The molecule has 0 spiro atoms. The van der Waals surface area contributed by atoms with Crippen LogP contribution in [0.2, 0.25) is 0 Å². The zero-order valence-corrected chi connectivity index (χ0v) is 19.6. The van der Waals surface area contributed by atoms with E-state index in [-0.39, 0.29) is 23.8 Å². The highest BCUT2D eigenvalue weighted by molar-refractivity contribution is 6.05. The lowest BCUT2D eigenvalue weighted by atomic mass is 10.0. The van der Waals surface area contributed by atoms with Crippen molar-refractivity contribution in [2.45, 2.75) is 26.7 Å². The Morgan fingerprint density at radius 1 is 1.00 bits per heavy atom. The molecule has 9 heteroatoms. The van der Waals surface area contributed by atoms with E-state index in [1.807, 2.05) is 13.0 Å². The average molecular weight is 459 g/mol. The number of carbonyl (C=O) groups is 3. The number of rotatable bonds is 10. The third-order valence-electron chi connectivity index (χ3n) is 4.77. The van der Waals surface area contributed by atoms with Crippen LogP contribution in [0.5, 0.6) is 11.5 Å². The quantitative estimate of drug-likeness (QED) is 0.422. The average Bonchev–Trinajstić information content (AvgIpc) is 3.04. The van der Waals surface area contributed by atoms with Gasteiger partial charge in [0.05, 0.1) is 39.1 Å². The Morgan fingerprint density at radius 3 is 2.33 bits per heavy atom. The van der Waals surface area contributed by atoms with Crippen molar-refractivity contribution < 1.29 is 33.3 Å². The zero-order chi connectivity index (χ0) is 24.4. The van der Waals surface area contributed by atoms with Crippen LogP contribution < -0.4 is 19.7 Å². The van der Waals surface area contributed by atoms with Crippen LogP contribution in [0.25, 0.3) is 0 Å². The molecule has 0 radical (unpaired) electrons. The van der Waals surface area contributed by atoms with Crippen LogP contribution >= 0.6 is 0 Å². The number of ether oxygens (including phenoxy) is 4. The predicted molar refractivity (Wildman–Crippen MR) is 123 cm³/mol. The second-order valence-electron chi connectivity index (χ2n) is 7.03. The Bertz CT molecular complexity index is 979. The summed E-state index contributed by atoms with van der Waals surface area (Å²) >= 11 is 0. The maximum absolute atomic E-state index is 12.8. The topological polar surface area (TPSA) is 103 Å².